The molecular weight excluding hydrogens is 246 g/mol. The zero-order chi connectivity index (χ0) is 13.5. The van der Waals surface area contributed by atoms with Crippen LogP contribution in [-0.4, -0.2) is 43.6 Å². The van der Waals surface area contributed by atoms with Crippen LogP contribution >= 0.6 is 11.6 Å². The molecule has 18 heavy (non-hydrogen) atoms. The molecule has 0 bridgehead atoms. The molecule has 0 spiro atoms. The van der Waals surface area contributed by atoms with Crippen molar-refractivity contribution in [3.8, 4) is 0 Å². The molecule has 1 aromatic heterocycles. The Morgan fingerprint density at radius 1 is 1.28 bits per heavy atom. The number of hydrogen-bond acceptors (Lipinski definition) is 3. The van der Waals surface area contributed by atoms with E-state index in [1.807, 2.05) is 12.3 Å². The highest BCUT2D eigenvalue weighted by Crippen LogP contribution is 2.15. The zero-order valence-corrected chi connectivity index (χ0v) is 12.6. The molecule has 0 unspecified atom stereocenters. The maximum absolute atomic E-state index is 5.88. The van der Waals surface area contributed by atoms with Crippen LogP contribution in [0.1, 0.15) is 19.4 Å². The number of aromatic nitrogens is 1. The summed E-state index contributed by atoms with van der Waals surface area (Å²) in [6, 6.07) is 4.06. The number of halogens is 1. The van der Waals surface area contributed by atoms with Gasteiger partial charge < -0.3 is 9.80 Å². The summed E-state index contributed by atoms with van der Waals surface area (Å²) < 4.78 is 0. The Kier molecular flexibility index (Phi) is 6.44. The lowest BCUT2D eigenvalue weighted by molar-refractivity contribution is 0.408. The van der Waals surface area contributed by atoms with E-state index < -0.39 is 0 Å². The van der Waals surface area contributed by atoms with E-state index >= 15 is 0 Å². The van der Waals surface area contributed by atoms with Gasteiger partial charge in [0, 0.05) is 31.7 Å². The van der Waals surface area contributed by atoms with E-state index in [-0.39, 0.29) is 0 Å². The molecule has 4 heteroatoms. The summed E-state index contributed by atoms with van der Waals surface area (Å²) >= 11 is 5.88. The van der Waals surface area contributed by atoms with E-state index in [0.717, 1.165) is 31.0 Å². The van der Waals surface area contributed by atoms with Crippen molar-refractivity contribution in [1.82, 2.24) is 9.88 Å². The van der Waals surface area contributed by atoms with Crippen molar-refractivity contribution in [2.75, 3.05) is 38.6 Å². The second kappa shape index (κ2) is 7.59. The Labute approximate surface area is 116 Å². The summed E-state index contributed by atoms with van der Waals surface area (Å²) in [5.41, 5.74) is 1.13. The number of rotatable bonds is 7. The standard InChI is InChI=1S/C14H24ClN3/c1-12(2)11-18(8-7-17(3)4)14-9-13(10-15)5-6-16-14/h5-6,9,12H,7-8,10-11H2,1-4H3. The molecule has 0 saturated carbocycles. The normalized spacial score (nSPS) is 11.3. The molecular formula is C14H24ClN3. The number of anilines is 1. The molecule has 0 fully saturated rings. The van der Waals surface area contributed by atoms with Crippen LogP contribution in [0.2, 0.25) is 0 Å². The van der Waals surface area contributed by atoms with Crippen molar-refractivity contribution < 1.29 is 0 Å². The third-order valence-corrected chi connectivity index (χ3v) is 3.00. The fourth-order valence-electron chi connectivity index (χ4n) is 1.78. The fraction of sp³-hybridized carbons (Fsp3) is 0.643. The van der Waals surface area contributed by atoms with Crippen LogP contribution in [0.4, 0.5) is 5.82 Å². The highest BCUT2D eigenvalue weighted by Gasteiger charge is 2.10. The Bertz CT molecular complexity index is 353. The van der Waals surface area contributed by atoms with Gasteiger partial charge in [0.1, 0.15) is 5.82 Å². The highest BCUT2D eigenvalue weighted by atomic mass is 35.5. The molecule has 0 aliphatic rings. The summed E-state index contributed by atoms with van der Waals surface area (Å²) in [6.45, 7) is 7.50. The van der Waals surface area contributed by atoms with Crippen LogP contribution in [-0.2, 0) is 5.88 Å². The first kappa shape index (κ1) is 15.3. The zero-order valence-electron chi connectivity index (χ0n) is 11.9. The summed E-state index contributed by atoms with van der Waals surface area (Å²) in [6.07, 6.45) is 1.84. The molecule has 0 aliphatic heterocycles. The van der Waals surface area contributed by atoms with Crippen molar-refractivity contribution in [2.45, 2.75) is 19.7 Å². The Morgan fingerprint density at radius 3 is 2.56 bits per heavy atom. The van der Waals surface area contributed by atoms with Gasteiger partial charge in [-0.15, -0.1) is 11.6 Å². The Hall–Kier alpha value is -0.800. The number of likely N-dealkylation sites (N-methyl/N-ethyl adjacent to an activating group) is 1. The first-order valence-corrected chi connectivity index (χ1v) is 6.97. The van der Waals surface area contributed by atoms with E-state index in [1.165, 1.54) is 0 Å². The fourth-order valence-corrected chi connectivity index (χ4v) is 1.94. The van der Waals surface area contributed by atoms with Gasteiger partial charge in [-0.25, -0.2) is 4.98 Å². The van der Waals surface area contributed by atoms with Gasteiger partial charge in [0.05, 0.1) is 0 Å². The van der Waals surface area contributed by atoms with Crippen LogP contribution in [0.3, 0.4) is 0 Å². The van der Waals surface area contributed by atoms with Gasteiger partial charge in [0.2, 0.25) is 0 Å². The third-order valence-electron chi connectivity index (χ3n) is 2.69. The average molecular weight is 270 g/mol. The molecule has 1 heterocycles. The van der Waals surface area contributed by atoms with Gasteiger partial charge in [0.25, 0.3) is 0 Å². The molecule has 1 aromatic rings. The minimum Gasteiger partial charge on any atom is -0.355 e. The molecule has 0 aromatic carbocycles. The van der Waals surface area contributed by atoms with Gasteiger partial charge in [-0.1, -0.05) is 13.8 Å². The summed E-state index contributed by atoms with van der Waals surface area (Å²) in [7, 11) is 4.19. The molecule has 0 N–H and O–H groups in total. The number of pyridine rings is 1. The lowest BCUT2D eigenvalue weighted by atomic mass is 10.2. The minimum absolute atomic E-state index is 0.540. The van der Waals surface area contributed by atoms with Gasteiger partial charge in [-0.2, -0.15) is 0 Å². The summed E-state index contributed by atoms with van der Waals surface area (Å²) in [5.74, 6) is 2.19. The summed E-state index contributed by atoms with van der Waals surface area (Å²) in [5, 5.41) is 0. The van der Waals surface area contributed by atoms with E-state index in [1.54, 1.807) is 0 Å². The SMILES string of the molecule is CC(C)CN(CCN(C)C)c1cc(CCl)ccn1. The Morgan fingerprint density at radius 2 is 2.00 bits per heavy atom. The van der Waals surface area contributed by atoms with Crippen molar-refractivity contribution in [3.05, 3.63) is 23.9 Å². The predicted octanol–water partition coefficient (Wildman–Crippen LogP) is 2.84. The predicted molar refractivity (Wildman–Crippen MR) is 79.4 cm³/mol. The van der Waals surface area contributed by atoms with Crippen LogP contribution in [0.5, 0.6) is 0 Å². The van der Waals surface area contributed by atoms with E-state index in [2.05, 4.69) is 48.8 Å². The average Bonchev–Trinajstić information content (AvgIpc) is 2.34. The van der Waals surface area contributed by atoms with Crippen molar-refractivity contribution in [1.29, 1.82) is 0 Å². The van der Waals surface area contributed by atoms with Gasteiger partial charge in [-0.3, -0.25) is 0 Å². The van der Waals surface area contributed by atoms with Crippen LogP contribution in [0.15, 0.2) is 18.3 Å². The number of alkyl halides is 1. The number of nitrogens with zero attached hydrogens (tertiary/aromatic N) is 3. The van der Waals surface area contributed by atoms with Gasteiger partial charge in [0.15, 0.2) is 0 Å². The summed E-state index contributed by atoms with van der Waals surface area (Å²) in [4.78, 5) is 8.99. The van der Waals surface area contributed by atoms with Crippen LogP contribution in [0.25, 0.3) is 0 Å². The quantitative estimate of drug-likeness (QED) is 0.710. The smallest absolute Gasteiger partial charge is 0.128 e. The maximum Gasteiger partial charge on any atom is 0.128 e. The van der Waals surface area contributed by atoms with E-state index in [9.17, 15) is 0 Å². The van der Waals surface area contributed by atoms with E-state index in [4.69, 9.17) is 11.6 Å². The second-order valence-electron chi connectivity index (χ2n) is 5.30. The first-order chi connectivity index (χ1) is 8.52. The first-order valence-electron chi connectivity index (χ1n) is 6.43. The lowest BCUT2D eigenvalue weighted by Crippen LogP contribution is -2.35. The third kappa shape index (κ3) is 5.23. The van der Waals surface area contributed by atoms with Crippen molar-refractivity contribution in [2.24, 2.45) is 5.92 Å². The molecule has 3 nitrogen and oxygen atoms in total. The molecule has 0 saturated heterocycles. The molecule has 0 atom stereocenters. The van der Waals surface area contributed by atoms with Crippen LogP contribution < -0.4 is 4.90 Å². The molecule has 102 valence electrons. The van der Waals surface area contributed by atoms with Gasteiger partial charge >= 0.3 is 0 Å². The highest BCUT2D eigenvalue weighted by molar-refractivity contribution is 6.17. The maximum atomic E-state index is 5.88. The van der Waals surface area contributed by atoms with Crippen LogP contribution in [0, 0.1) is 5.92 Å². The molecule has 0 radical (unpaired) electrons. The largest absolute Gasteiger partial charge is 0.355 e. The molecule has 1 rings (SSSR count). The van der Waals surface area contributed by atoms with E-state index in [0.29, 0.717) is 11.8 Å². The van der Waals surface area contributed by atoms with Crippen molar-refractivity contribution in [3.63, 3.8) is 0 Å². The van der Waals surface area contributed by atoms with Crippen molar-refractivity contribution >= 4 is 17.4 Å². The monoisotopic (exact) mass is 269 g/mol. The van der Waals surface area contributed by atoms with Gasteiger partial charge in [-0.05, 0) is 37.7 Å². The second-order valence-corrected chi connectivity index (χ2v) is 5.57. The minimum atomic E-state index is 0.540. The topological polar surface area (TPSA) is 19.4 Å². The lowest BCUT2D eigenvalue weighted by Gasteiger charge is -2.27. The molecule has 0 amide bonds. The number of hydrogen-bond donors (Lipinski definition) is 0. The molecule has 0 aliphatic carbocycles. The Balaban J connectivity index is 2.79.